The number of carbonyl (C=O) groups is 1. The van der Waals surface area contributed by atoms with Gasteiger partial charge in [0.1, 0.15) is 0 Å². The number of nitrogens with one attached hydrogen (secondary N) is 1. The third-order valence-corrected chi connectivity index (χ3v) is 5.57. The van der Waals surface area contributed by atoms with Crippen LogP contribution in [0, 0.1) is 6.92 Å². The van der Waals surface area contributed by atoms with Gasteiger partial charge in [0.25, 0.3) is 5.91 Å². The van der Waals surface area contributed by atoms with E-state index in [1.807, 2.05) is 26.0 Å². The number of aryl methyl sites for hydroxylation is 2. The molecule has 0 spiro atoms. The van der Waals surface area contributed by atoms with Gasteiger partial charge in [-0.25, -0.2) is 9.97 Å². The molecule has 0 fully saturated rings. The first kappa shape index (κ1) is 14.3. The number of anilines is 1. The number of amides is 1. The van der Waals surface area contributed by atoms with Crippen molar-refractivity contribution in [3.8, 4) is 0 Å². The minimum absolute atomic E-state index is 0.243. The molecule has 8 heteroatoms. The third kappa shape index (κ3) is 2.49. The molecular weight excluding hydrogens is 330 g/mol. The van der Waals surface area contributed by atoms with Crippen molar-refractivity contribution in [2.45, 2.75) is 20.4 Å². The Labute approximate surface area is 139 Å². The van der Waals surface area contributed by atoms with Crippen molar-refractivity contribution in [3.63, 3.8) is 0 Å². The zero-order valence-electron chi connectivity index (χ0n) is 12.5. The van der Waals surface area contributed by atoms with Gasteiger partial charge >= 0.3 is 0 Å². The van der Waals surface area contributed by atoms with E-state index in [1.165, 1.54) is 11.3 Å². The largest absolute Gasteiger partial charge is 0.296 e. The summed E-state index contributed by atoms with van der Waals surface area (Å²) in [6.45, 7) is 4.70. The molecular formula is C15H13N5OS2. The van der Waals surface area contributed by atoms with Gasteiger partial charge in [-0.1, -0.05) is 11.3 Å². The quantitative estimate of drug-likeness (QED) is 0.616. The SMILES string of the molecule is CCn1ccc(C(=O)Nc2nc3ccc4nc(C)sc4c3s2)n1. The van der Waals surface area contributed by atoms with E-state index in [9.17, 15) is 4.79 Å². The molecule has 3 heterocycles. The standard InChI is InChI=1S/C15H13N5OS2/c1-3-20-7-6-11(19-20)14(21)18-15-17-10-5-4-9-12(13(10)23-15)22-8(2)16-9/h4-7H,3H2,1-2H3,(H,17,18,21). The first-order valence-corrected chi connectivity index (χ1v) is 8.79. The molecule has 4 aromatic rings. The summed E-state index contributed by atoms with van der Waals surface area (Å²) in [7, 11) is 0. The summed E-state index contributed by atoms with van der Waals surface area (Å²) in [6.07, 6.45) is 1.79. The number of hydrogen-bond donors (Lipinski definition) is 1. The number of nitrogens with zero attached hydrogens (tertiary/aromatic N) is 4. The first-order valence-electron chi connectivity index (χ1n) is 7.15. The van der Waals surface area contributed by atoms with Crippen LogP contribution < -0.4 is 5.32 Å². The number of rotatable bonds is 3. The molecule has 0 aliphatic heterocycles. The topological polar surface area (TPSA) is 72.7 Å². The summed E-state index contributed by atoms with van der Waals surface area (Å²) < 4.78 is 3.90. The summed E-state index contributed by atoms with van der Waals surface area (Å²) in [4.78, 5) is 21.2. The zero-order valence-corrected chi connectivity index (χ0v) is 14.2. The molecule has 0 aliphatic rings. The second-order valence-corrected chi connectivity index (χ2v) is 7.23. The minimum Gasteiger partial charge on any atom is -0.296 e. The van der Waals surface area contributed by atoms with E-state index in [2.05, 4.69) is 20.4 Å². The third-order valence-electron chi connectivity index (χ3n) is 3.44. The highest BCUT2D eigenvalue weighted by atomic mass is 32.1. The van der Waals surface area contributed by atoms with Gasteiger partial charge in [0.2, 0.25) is 0 Å². The van der Waals surface area contributed by atoms with Crippen molar-refractivity contribution in [2.24, 2.45) is 0 Å². The second-order valence-electron chi connectivity index (χ2n) is 5.02. The molecule has 0 saturated heterocycles. The summed E-state index contributed by atoms with van der Waals surface area (Å²) in [5.74, 6) is -0.243. The van der Waals surface area contributed by atoms with Crippen LogP contribution in [-0.4, -0.2) is 25.7 Å². The van der Waals surface area contributed by atoms with Crippen molar-refractivity contribution in [2.75, 3.05) is 5.32 Å². The van der Waals surface area contributed by atoms with E-state index < -0.39 is 0 Å². The minimum atomic E-state index is -0.243. The van der Waals surface area contributed by atoms with Gasteiger partial charge in [-0.05, 0) is 32.0 Å². The van der Waals surface area contributed by atoms with Crippen LogP contribution in [0.3, 0.4) is 0 Å². The van der Waals surface area contributed by atoms with Crippen LogP contribution >= 0.6 is 22.7 Å². The molecule has 0 atom stereocenters. The van der Waals surface area contributed by atoms with Crippen LogP contribution in [0.4, 0.5) is 5.13 Å². The Morgan fingerprint density at radius 2 is 1.91 bits per heavy atom. The average Bonchev–Trinajstić information content (AvgIpc) is 3.22. The average molecular weight is 343 g/mol. The smallest absolute Gasteiger partial charge is 0.277 e. The molecule has 1 N–H and O–H groups in total. The second kappa shape index (κ2) is 5.39. The molecule has 0 bridgehead atoms. The van der Waals surface area contributed by atoms with E-state index in [1.54, 1.807) is 28.3 Å². The molecule has 1 amide bonds. The van der Waals surface area contributed by atoms with Gasteiger partial charge in [-0.15, -0.1) is 11.3 Å². The molecule has 0 saturated carbocycles. The monoisotopic (exact) mass is 343 g/mol. The first-order chi connectivity index (χ1) is 11.1. The summed E-state index contributed by atoms with van der Waals surface area (Å²) >= 11 is 3.12. The van der Waals surface area contributed by atoms with Crippen LogP contribution in [-0.2, 0) is 6.54 Å². The van der Waals surface area contributed by atoms with Crippen molar-refractivity contribution < 1.29 is 4.79 Å². The molecule has 23 heavy (non-hydrogen) atoms. The van der Waals surface area contributed by atoms with Gasteiger partial charge < -0.3 is 0 Å². The number of fused-ring (bicyclic) bond motifs is 3. The fourth-order valence-corrected chi connectivity index (χ4v) is 4.36. The summed E-state index contributed by atoms with van der Waals surface area (Å²) in [6, 6.07) is 5.61. The van der Waals surface area contributed by atoms with E-state index >= 15 is 0 Å². The summed E-state index contributed by atoms with van der Waals surface area (Å²) in [5, 5.41) is 8.64. The lowest BCUT2D eigenvalue weighted by atomic mass is 10.3. The lowest BCUT2D eigenvalue weighted by Gasteiger charge is -1.97. The van der Waals surface area contributed by atoms with Gasteiger partial charge in [0.15, 0.2) is 10.8 Å². The number of aromatic nitrogens is 4. The summed E-state index contributed by atoms with van der Waals surface area (Å²) in [5.41, 5.74) is 2.24. The van der Waals surface area contributed by atoms with Gasteiger partial charge in [0, 0.05) is 12.7 Å². The molecule has 3 aromatic heterocycles. The van der Waals surface area contributed by atoms with Crippen molar-refractivity contribution in [1.29, 1.82) is 0 Å². The Kier molecular flexibility index (Phi) is 3.35. The molecule has 116 valence electrons. The van der Waals surface area contributed by atoms with E-state index in [-0.39, 0.29) is 5.91 Å². The maximum absolute atomic E-state index is 12.3. The Hall–Kier alpha value is -2.32. The highest BCUT2D eigenvalue weighted by molar-refractivity contribution is 7.28. The van der Waals surface area contributed by atoms with Gasteiger partial charge in [-0.2, -0.15) is 5.10 Å². The highest BCUT2D eigenvalue weighted by Gasteiger charge is 2.14. The normalized spacial score (nSPS) is 11.4. The molecule has 1 aromatic carbocycles. The van der Waals surface area contributed by atoms with Crippen LogP contribution in [0.5, 0.6) is 0 Å². The number of hydrogen-bond acceptors (Lipinski definition) is 6. The van der Waals surface area contributed by atoms with E-state index in [0.717, 1.165) is 32.0 Å². The van der Waals surface area contributed by atoms with Crippen molar-refractivity contribution in [1.82, 2.24) is 19.7 Å². The Bertz CT molecular complexity index is 1030. The lowest BCUT2D eigenvalue weighted by Crippen LogP contribution is -2.13. The molecule has 0 unspecified atom stereocenters. The number of carbonyl (C=O) groups excluding carboxylic acids is 1. The van der Waals surface area contributed by atoms with Crippen LogP contribution in [0.2, 0.25) is 0 Å². The lowest BCUT2D eigenvalue weighted by molar-refractivity contribution is 0.102. The predicted octanol–water partition coefficient (Wildman–Crippen LogP) is 3.68. The predicted molar refractivity (Wildman–Crippen MR) is 93.4 cm³/mol. The van der Waals surface area contributed by atoms with Gasteiger partial charge in [-0.3, -0.25) is 14.8 Å². The molecule has 6 nitrogen and oxygen atoms in total. The van der Waals surface area contributed by atoms with E-state index in [4.69, 9.17) is 0 Å². The number of benzene rings is 1. The zero-order chi connectivity index (χ0) is 16.0. The molecule has 4 rings (SSSR count). The Morgan fingerprint density at radius 3 is 2.65 bits per heavy atom. The molecule has 0 aliphatic carbocycles. The van der Waals surface area contributed by atoms with Gasteiger partial charge in [0.05, 0.1) is 25.4 Å². The fourth-order valence-electron chi connectivity index (χ4n) is 2.36. The Balaban J connectivity index is 1.68. The highest BCUT2D eigenvalue weighted by Crippen LogP contribution is 2.35. The van der Waals surface area contributed by atoms with E-state index in [0.29, 0.717) is 10.8 Å². The van der Waals surface area contributed by atoms with Crippen LogP contribution in [0.1, 0.15) is 22.4 Å². The Morgan fingerprint density at radius 1 is 1.17 bits per heavy atom. The van der Waals surface area contributed by atoms with Crippen molar-refractivity contribution >= 4 is 54.1 Å². The maximum atomic E-state index is 12.3. The molecule has 0 radical (unpaired) electrons. The fraction of sp³-hybridized carbons (Fsp3) is 0.200. The number of thiazole rings is 2. The van der Waals surface area contributed by atoms with Crippen molar-refractivity contribution in [3.05, 3.63) is 35.1 Å². The van der Waals surface area contributed by atoms with Crippen LogP contribution in [0.15, 0.2) is 24.4 Å². The van der Waals surface area contributed by atoms with Crippen LogP contribution in [0.25, 0.3) is 20.4 Å². The maximum Gasteiger partial charge on any atom is 0.277 e.